The van der Waals surface area contributed by atoms with Gasteiger partial charge in [0.2, 0.25) is 0 Å². The van der Waals surface area contributed by atoms with Crippen LogP contribution in [0.3, 0.4) is 0 Å². The number of hydrogen-bond acceptors (Lipinski definition) is 3. The minimum absolute atomic E-state index is 0.119. The van der Waals surface area contributed by atoms with Crippen LogP contribution in [0.1, 0.15) is 58.8 Å². The Labute approximate surface area is 128 Å². The van der Waals surface area contributed by atoms with E-state index in [2.05, 4.69) is 25.7 Å². The molecule has 0 aliphatic heterocycles. The van der Waals surface area contributed by atoms with Crippen molar-refractivity contribution < 1.29 is 15.0 Å². The molecule has 0 amide bonds. The first-order valence-corrected chi connectivity index (χ1v) is 8.42. The molecular formula is C18H28O3. The minimum Gasteiger partial charge on any atom is -0.392 e. The zero-order valence-electron chi connectivity index (χ0n) is 13.2. The topological polar surface area (TPSA) is 57.5 Å². The number of fused-ring (bicyclic) bond motifs is 1. The molecule has 2 fully saturated rings. The fourth-order valence-electron chi connectivity index (χ4n) is 3.68. The Morgan fingerprint density at radius 3 is 2.81 bits per heavy atom. The average Bonchev–Trinajstić information content (AvgIpc) is 2.43. The summed E-state index contributed by atoms with van der Waals surface area (Å²) in [6, 6.07) is 0. The maximum atomic E-state index is 11.5. The van der Waals surface area contributed by atoms with Crippen molar-refractivity contribution in [3.05, 3.63) is 0 Å². The quantitative estimate of drug-likeness (QED) is 0.766. The monoisotopic (exact) mass is 292 g/mol. The van der Waals surface area contributed by atoms with E-state index in [9.17, 15) is 15.0 Å². The lowest BCUT2D eigenvalue weighted by Crippen LogP contribution is -2.49. The molecule has 2 unspecified atom stereocenters. The van der Waals surface area contributed by atoms with Crippen LogP contribution in [0.25, 0.3) is 0 Å². The highest BCUT2D eigenvalue weighted by Crippen LogP contribution is 2.45. The standard InChI is InChI=1S/C18H28O3/c1-3-4-5-12(2)10-13(19)6-7-14-16-11-18(21)15(16)8-9-17(14)20/h12-17,19-20H,3-5,8-11H2,1-2H3/t12-,13-,14+,15?,16+,17?/m1/s1. The Morgan fingerprint density at radius 2 is 2.14 bits per heavy atom. The van der Waals surface area contributed by atoms with Crippen LogP contribution < -0.4 is 0 Å². The van der Waals surface area contributed by atoms with Gasteiger partial charge in [0.25, 0.3) is 0 Å². The highest BCUT2D eigenvalue weighted by atomic mass is 16.3. The zero-order valence-corrected chi connectivity index (χ0v) is 13.2. The molecule has 0 aromatic heterocycles. The number of ketones is 1. The zero-order chi connectivity index (χ0) is 15.4. The molecule has 3 heteroatoms. The molecule has 0 radical (unpaired) electrons. The van der Waals surface area contributed by atoms with Gasteiger partial charge in [-0.15, -0.1) is 0 Å². The van der Waals surface area contributed by atoms with E-state index < -0.39 is 12.2 Å². The lowest BCUT2D eigenvalue weighted by atomic mass is 9.59. The first-order chi connectivity index (χ1) is 10.0. The van der Waals surface area contributed by atoms with Crippen LogP contribution in [0.15, 0.2) is 0 Å². The van der Waals surface area contributed by atoms with E-state index in [0.29, 0.717) is 31.0 Å². The van der Waals surface area contributed by atoms with Crippen molar-refractivity contribution in [3.63, 3.8) is 0 Å². The van der Waals surface area contributed by atoms with Crippen LogP contribution in [0.4, 0.5) is 0 Å². The summed E-state index contributed by atoms with van der Waals surface area (Å²) >= 11 is 0. The van der Waals surface area contributed by atoms with Crippen LogP contribution in [0.2, 0.25) is 0 Å². The number of rotatable bonds is 5. The summed E-state index contributed by atoms with van der Waals surface area (Å²) in [5.74, 6) is 7.02. The summed E-state index contributed by atoms with van der Waals surface area (Å²) in [6.45, 7) is 4.32. The molecule has 6 atom stereocenters. The number of carbonyl (C=O) groups excluding carboxylic acids is 1. The minimum atomic E-state index is -0.611. The number of aliphatic hydroxyl groups excluding tert-OH is 2. The van der Waals surface area contributed by atoms with Gasteiger partial charge in [0.1, 0.15) is 11.9 Å². The predicted octanol–water partition coefficient (Wildman–Crippen LogP) is 2.54. The molecule has 2 N–H and O–H groups in total. The molecule has 118 valence electrons. The summed E-state index contributed by atoms with van der Waals surface area (Å²) < 4.78 is 0. The third kappa shape index (κ3) is 4.08. The molecule has 0 saturated heterocycles. The number of carbonyl (C=O) groups is 1. The van der Waals surface area contributed by atoms with E-state index in [1.165, 1.54) is 12.8 Å². The smallest absolute Gasteiger partial charge is 0.136 e. The largest absolute Gasteiger partial charge is 0.392 e. The second-order valence-electron chi connectivity index (χ2n) is 6.90. The highest BCUT2D eigenvalue weighted by molar-refractivity contribution is 5.87. The predicted molar refractivity (Wildman–Crippen MR) is 82.4 cm³/mol. The van der Waals surface area contributed by atoms with E-state index in [-0.39, 0.29) is 17.8 Å². The number of Topliss-reactive ketones (excluding diaryl/α,β-unsaturated/α-hetero) is 1. The van der Waals surface area contributed by atoms with Gasteiger partial charge < -0.3 is 10.2 Å². The normalized spacial score (nSPS) is 34.2. The fourth-order valence-corrected chi connectivity index (χ4v) is 3.68. The van der Waals surface area contributed by atoms with E-state index >= 15 is 0 Å². The maximum Gasteiger partial charge on any atom is 0.136 e. The highest BCUT2D eigenvalue weighted by Gasteiger charge is 2.48. The Bertz CT molecular complexity index is 420. The van der Waals surface area contributed by atoms with Crippen molar-refractivity contribution in [2.75, 3.05) is 0 Å². The van der Waals surface area contributed by atoms with E-state index in [4.69, 9.17) is 0 Å². The molecule has 0 spiro atoms. The second kappa shape index (κ2) is 7.42. The summed E-state index contributed by atoms with van der Waals surface area (Å²) in [7, 11) is 0. The molecule has 2 aliphatic carbocycles. The van der Waals surface area contributed by atoms with Crippen molar-refractivity contribution in [1.82, 2.24) is 0 Å². The van der Waals surface area contributed by atoms with Crippen LogP contribution in [-0.2, 0) is 4.79 Å². The third-order valence-corrected chi connectivity index (χ3v) is 5.11. The molecule has 21 heavy (non-hydrogen) atoms. The average molecular weight is 292 g/mol. The van der Waals surface area contributed by atoms with Crippen LogP contribution in [0, 0.1) is 35.5 Å². The molecule has 2 aliphatic rings. The first-order valence-electron chi connectivity index (χ1n) is 8.42. The van der Waals surface area contributed by atoms with Gasteiger partial charge in [-0.05, 0) is 31.1 Å². The van der Waals surface area contributed by atoms with Gasteiger partial charge in [0.05, 0.1) is 12.0 Å². The number of aliphatic hydroxyl groups is 2. The van der Waals surface area contributed by atoms with Gasteiger partial charge in [-0.3, -0.25) is 4.79 Å². The molecule has 3 nitrogen and oxygen atoms in total. The Hall–Kier alpha value is -0.850. The van der Waals surface area contributed by atoms with Gasteiger partial charge in [0.15, 0.2) is 0 Å². The van der Waals surface area contributed by atoms with Gasteiger partial charge in [0, 0.05) is 12.3 Å². The summed E-state index contributed by atoms with van der Waals surface area (Å²) in [5, 5.41) is 20.1. The summed E-state index contributed by atoms with van der Waals surface area (Å²) in [5.41, 5.74) is 0. The molecule has 0 aromatic rings. The van der Waals surface area contributed by atoms with Gasteiger partial charge >= 0.3 is 0 Å². The number of unbranched alkanes of at least 4 members (excludes halogenated alkanes) is 1. The molecule has 2 rings (SSSR count). The molecular weight excluding hydrogens is 264 g/mol. The fraction of sp³-hybridized carbons (Fsp3) is 0.833. The van der Waals surface area contributed by atoms with Gasteiger partial charge in [-0.25, -0.2) is 0 Å². The Balaban J connectivity index is 1.86. The second-order valence-corrected chi connectivity index (χ2v) is 6.90. The molecule has 0 heterocycles. The summed E-state index contributed by atoms with van der Waals surface area (Å²) in [4.78, 5) is 11.5. The van der Waals surface area contributed by atoms with Crippen LogP contribution in [0.5, 0.6) is 0 Å². The van der Waals surface area contributed by atoms with Gasteiger partial charge in [-0.1, -0.05) is 45.0 Å². The summed E-state index contributed by atoms with van der Waals surface area (Å²) in [6.07, 6.45) is 5.17. The van der Waals surface area contributed by atoms with Crippen molar-refractivity contribution in [3.8, 4) is 11.8 Å². The van der Waals surface area contributed by atoms with Gasteiger partial charge in [-0.2, -0.15) is 0 Å². The van der Waals surface area contributed by atoms with Crippen molar-refractivity contribution in [2.24, 2.45) is 23.7 Å². The Morgan fingerprint density at radius 1 is 1.38 bits per heavy atom. The SMILES string of the molecule is CCCC[C@@H](C)C[C@H](O)C#C[C@@H]1C(O)CCC2C(=O)C[C@H]21. The Kier molecular flexibility index (Phi) is 5.84. The van der Waals surface area contributed by atoms with Crippen molar-refractivity contribution in [1.29, 1.82) is 0 Å². The van der Waals surface area contributed by atoms with Crippen molar-refractivity contribution in [2.45, 2.75) is 71.0 Å². The third-order valence-electron chi connectivity index (χ3n) is 5.11. The maximum absolute atomic E-state index is 11.5. The number of hydrogen-bond donors (Lipinski definition) is 2. The molecule has 0 bridgehead atoms. The van der Waals surface area contributed by atoms with E-state index in [1.807, 2.05) is 0 Å². The lowest BCUT2D eigenvalue weighted by Gasteiger charge is -2.44. The molecule has 2 saturated carbocycles. The lowest BCUT2D eigenvalue weighted by molar-refractivity contribution is -0.141. The van der Waals surface area contributed by atoms with E-state index in [0.717, 1.165) is 12.8 Å². The first kappa shape index (κ1) is 16.5. The van der Waals surface area contributed by atoms with Crippen LogP contribution >= 0.6 is 0 Å². The van der Waals surface area contributed by atoms with E-state index in [1.54, 1.807) is 0 Å². The van der Waals surface area contributed by atoms with Crippen LogP contribution in [-0.4, -0.2) is 28.2 Å². The molecule has 0 aromatic carbocycles. The van der Waals surface area contributed by atoms with Crippen molar-refractivity contribution >= 4 is 5.78 Å².